The van der Waals surface area contributed by atoms with Crippen molar-refractivity contribution < 1.29 is 4.79 Å². The number of hydrogen-bond acceptors (Lipinski definition) is 1. The average Bonchev–Trinajstić information content (AvgIpc) is 2.40. The van der Waals surface area contributed by atoms with E-state index in [9.17, 15) is 4.79 Å². The fourth-order valence-corrected chi connectivity index (χ4v) is 3.41. The van der Waals surface area contributed by atoms with Crippen LogP contribution in [0.4, 0.5) is 0 Å². The quantitative estimate of drug-likeness (QED) is 0.560. The monoisotopic (exact) mass is 180 g/mol. The van der Waals surface area contributed by atoms with Crippen LogP contribution < -0.4 is 0 Å². The lowest BCUT2D eigenvalue weighted by Gasteiger charge is -2.23. The molecule has 1 nitrogen and oxygen atoms in total. The molecule has 0 aliphatic heterocycles. The molecule has 2 aliphatic rings. The smallest absolute Gasteiger partial charge is 0.136 e. The van der Waals surface area contributed by atoms with Gasteiger partial charge in [0.25, 0.3) is 0 Å². The summed E-state index contributed by atoms with van der Waals surface area (Å²) in [4.78, 5) is 11.9. The summed E-state index contributed by atoms with van der Waals surface area (Å²) in [7, 11) is 0. The fraction of sp³-hybridized carbons (Fsp3) is 0.917. The molecular weight excluding hydrogens is 160 g/mol. The standard InChI is InChI=1S/C12H20O/c1-8-4-3-5-11(13)12-9(2)6-7-10(8)12/h8-10,12H,3-7H2,1-2H3/t8-,9-,10-,12-/m0/s1. The molecule has 0 saturated heterocycles. The van der Waals surface area contributed by atoms with Crippen molar-refractivity contribution in [3.8, 4) is 0 Å². The minimum atomic E-state index is 0.428. The highest BCUT2D eigenvalue weighted by Gasteiger charge is 2.41. The minimum Gasteiger partial charge on any atom is -0.299 e. The largest absolute Gasteiger partial charge is 0.299 e. The Bertz CT molecular complexity index is 209. The summed E-state index contributed by atoms with van der Waals surface area (Å²) in [6, 6.07) is 0. The Morgan fingerprint density at radius 2 is 1.85 bits per heavy atom. The van der Waals surface area contributed by atoms with Gasteiger partial charge in [0.2, 0.25) is 0 Å². The van der Waals surface area contributed by atoms with Gasteiger partial charge in [0.1, 0.15) is 5.78 Å². The molecule has 0 unspecified atom stereocenters. The maximum atomic E-state index is 11.9. The van der Waals surface area contributed by atoms with E-state index in [1.165, 1.54) is 19.3 Å². The predicted octanol–water partition coefficient (Wildman–Crippen LogP) is 3.04. The van der Waals surface area contributed by atoms with Gasteiger partial charge < -0.3 is 0 Å². The van der Waals surface area contributed by atoms with Gasteiger partial charge in [-0.05, 0) is 37.0 Å². The SMILES string of the molecule is C[C@H]1CCCC(=O)[C@@H]2[C@H]1CC[C@@H]2C. The van der Waals surface area contributed by atoms with Crippen LogP contribution in [0.3, 0.4) is 0 Å². The van der Waals surface area contributed by atoms with E-state index in [0.29, 0.717) is 17.6 Å². The van der Waals surface area contributed by atoms with Crippen LogP contribution in [0.2, 0.25) is 0 Å². The number of fused-ring (bicyclic) bond motifs is 1. The van der Waals surface area contributed by atoms with Gasteiger partial charge in [-0.25, -0.2) is 0 Å². The summed E-state index contributed by atoms with van der Waals surface area (Å²) < 4.78 is 0. The van der Waals surface area contributed by atoms with Crippen LogP contribution in [-0.4, -0.2) is 5.78 Å². The first-order valence-corrected chi connectivity index (χ1v) is 5.73. The molecule has 2 fully saturated rings. The average molecular weight is 180 g/mol. The second-order valence-electron chi connectivity index (χ2n) is 5.08. The van der Waals surface area contributed by atoms with E-state index in [2.05, 4.69) is 13.8 Å². The highest BCUT2D eigenvalue weighted by molar-refractivity contribution is 5.82. The maximum Gasteiger partial charge on any atom is 0.136 e. The Hall–Kier alpha value is -0.330. The molecule has 2 aliphatic carbocycles. The lowest BCUT2D eigenvalue weighted by Crippen LogP contribution is -2.24. The Labute approximate surface area is 80.9 Å². The molecule has 1 heteroatoms. The number of rotatable bonds is 0. The third-order valence-electron chi connectivity index (χ3n) is 4.21. The van der Waals surface area contributed by atoms with Crippen LogP contribution in [0.15, 0.2) is 0 Å². The molecule has 0 spiro atoms. The topological polar surface area (TPSA) is 17.1 Å². The zero-order valence-corrected chi connectivity index (χ0v) is 8.75. The molecular formula is C12H20O. The molecule has 0 N–H and O–H groups in total. The van der Waals surface area contributed by atoms with Crippen molar-refractivity contribution >= 4 is 5.78 Å². The third-order valence-corrected chi connectivity index (χ3v) is 4.21. The van der Waals surface area contributed by atoms with Gasteiger partial charge in [-0.2, -0.15) is 0 Å². The van der Waals surface area contributed by atoms with Gasteiger partial charge in [0.05, 0.1) is 0 Å². The van der Waals surface area contributed by atoms with Gasteiger partial charge >= 0.3 is 0 Å². The van der Waals surface area contributed by atoms with E-state index < -0.39 is 0 Å². The Morgan fingerprint density at radius 3 is 2.62 bits per heavy atom. The first-order valence-electron chi connectivity index (χ1n) is 5.73. The lowest BCUT2D eigenvalue weighted by molar-refractivity contribution is -0.124. The van der Waals surface area contributed by atoms with Gasteiger partial charge in [-0.3, -0.25) is 4.79 Å². The number of hydrogen-bond donors (Lipinski definition) is 0. The van der Waals surface area contributed by atoms with Crippen LogP contribution in [0.25, 0.3) is 0 Å². The fourth-order valence-electron chi connectivity index (χ4n) is 3.41. The van der Waals surface area contributed by atoms with Crippen molar-refractivity contribution in [2.45, 2.75) is 46.0 Å². The summed E-state index contributed by atoms with van der Waals surface area (Å²) in [5, 5.41) is 0. The molecule has 4 atom stereocenters. The first kappa shape index (κ1) is 9.23. The van der Waals surface area contributed by atoms with Crippen molar-refractivity contribution in [2.75, 3.05) is 0 Å². The number of ketones is 1. The van der Waals surface area contributed by atoms with Gasteiger partial charge in [0.15, 0.2) is 0 Å². The van der Waals surface area contributed by atoms with Gasteiger partial charge in [-0.1, -0.05) is 20.3 Å². The molecule has 13 heavy (non-hydrogen) atoms. The molecule has 0 bridgehead atoms. The van der Waals surface area contributed by atoms with Crippen LogP contribution >= 0.6 is 0 Å². The number of carbonyl (C=O) groups is 1. The molecule has 2 rings (SSSR count). The van der Waals surface area contributed by atoms with E-state index in [-0.39, 0.29) is 0 Å². The number of carbonyl (C=O) groups excluding carboxylic acids is 1. The molecule has 74 valence electrons. The molecule has 0 aromatic carbocycles. The van der Waals surface area contributed by atoms with E-state index in [1.807, 2.05) is 0 Å². The van der Waals surface area contributed by atoms with Crippen molar-refractivity contribution in [2.24, 2.45) is 23.7 Å². The van der Waals surface area contributed by atoms with Crippen LogP contribution in [0, 0.1) is 23.7 Å². The first-order chi connectivity index (χ1) is 6.20. The van der Waals surface area contributed by atoms with Crippen LogP contribution in [0.1, 0.15) is 46.0 Å². The van der Waals surface area contributed by atoms with Crippen LogP contribution in [0.5, 0.6) is 0 Å². The van der Waals surface area contributed by atoms with E-state index in [4.69, 9.17) is 0 Å². The summed E-state index contributed by atoms with van der Waals surface area (Å²) in [5.41, 5.74) is 0. The summed E-state index contributed by atoms with van der Waals surface area (Å²) in [6.45, 7) is 4.61. The second-order valence-corrected chi connectivity index (χ2v) is 5.08. The predicted molar refractivity (Wildman–Crippen MR) is 53.4 cm³/mol. The molecule has 0 aromatic rings. The third kappa shape index (κ3) is 1.53. The molecule has 0 heterocycles. The van der Waals surface area contributed by atoms with Gasteiger partial charge in [-0.15, -0.1) is 0 Å². The van der Waals surface area contributed by atoms with Crippen molar-refractivity contribution in [3.05, 3.63) is 0 Å². The summed E-state index contributed by atoms with van der Waals surface area (Å²) in [6.07, 6.45) is 5.86. The molecule has 0 aromatic heterocycles. The number of Topliss-reactive ketones (excluding diaryl/α,β-unsaturated/α-hetero) is 1. The Kier molecular flexibility index (Phi) is 2.44. The maximum absolute atomic E-state index is 11.9. The Morgan fingerprint density at radius 1 is 1.08 bits per heavy atom. The van der Waals surface area contributed by atoms with Crippen molar-refractivity contribution in [1.82, 2.24) is 0 Å². The van der Waals surface area contributed by atoms with Crippen LogP contribution in [-0.2, 0) is 4.79 Å². The normalized spacial score (nSPS) is 45.8. The lowest BCUT2D eigenvalue weighted by atomic mass is 9.81. The van der Waals surface area contributed by atoms with E-state index in [0.717, 1.165) is 24.7 Å². The second kappa shape index (κ2) is 3.43. The molecule has 0 amide bonds. The molecule has 0 radical (unpaired) electrons. The van der Waals surface area contributed by atoms with E-state index >= 15 is 0 Å². The highest BCUT2D eigenvalue weighted by Crippen LogP contribution is 2.45. The zero-order valence-electron chi connectivity index (χ0n) is 8.75. The highest BCUT2D eigenvalue weighted by atomic mass is 16.1. The molecule has 2 saturated carbocycles. The minimum absolute atomic E-state index is 0.428. The van der Waals surface area contributed by atoms with Crippen molar-refractivity contribution in [1.29, 1.82) is 0 Å². The summed E-state index contributed by atoms with van der Waals surface area (Å²) >= 11 is 0. The van der Waals surface area contributed by atoms with Crippen molar-refractivity contribution in [3.63, 3.8) is 0 Å². The zero-order chi connectivity index (χ0) is 9.42. The van der Waals surface area contributed by atoms with Gasteiger partial charge in [0, 0.05) is 12.3 Å². The summed E-state index contributed by atoms with van der Waals surface area (Å²) in [5.74, 6) is 3.18. The Balaban J connectivity index is 2.20. The van der Waals surface area contributed by atoms with E-state index in [1.54, 1.807) is 0 Å².